The molecule has 0 aliphatic rings. The van der Waals surface area contributed by atoms with Crippen LogP contribution in [0.4, 0.5) is 0 Å². The van der Waals surface area contributed by atoms with Crippen molar-refractivity contribution in [2.75, 3.05) is 32.5 Å². The largest absolute Gasteiger partial charge is 0.396 e. The first-order valence-electron chi connectivity index (χ1n) is 6.73. The van der Waals surface area contributed by atoms with Crippen LogP contribution in [0.2, 0.25) is 5.02 Å². The van der Waals surface area contributed by atoms with E-state index in [0.717, 1.165) is 25.8 Å². The molecule has 1 aromatic carbocycles. The fraction of sp³-hybridized carbons (Fsp3) is 0.571. The van der Waals surface area contributed by atoms with Gasteiger partial charge in [-0.1, -0.05) is 11.6 Å². The molecule has 0 fully saturated rings. The first kappa shape index (κ1) is 17.4. The topological polar surface area (TPSA) is 57.6 Å². The summed E-state index contributed by atoms with van der Waals surface area (Å²) >= 11 is 5.75. The highest BCUT2D eigenvalue weighted by Crippen LogP contribution is 2.15. The summed E-state index contributed by atoms with van der Waals surface area (Å²) in [6, 6.07) is 6.26. The number of rotatable bonds is 9. The lowest BCUT2D eigenvalue weighted by molar-refractivity contribution is 0.275. The van der Waals surface area contributed by atoms with Crippen molar-refractivity contribution >= 4 is 21.4 Å². The lowest BCUT2D eigenvalue weighted by atomic mass is 10.2. The molecule has 0 spiro atoms. The standard InChI is InChI=1S/C14H22ClNO3S/c1-16(9-3-2-4-11-17)10-12-20(18,19)14-7-5-13(15)6-8-14/h5-8,17H,2-4,9-12H2,1H3. The van der Waals surface area contributed by atoms with E-state index in [-0.39, 0.29) is 12.4 Å². The Morgan fingerprint density at radius 1 is 1.10 bits per heavy atom. The van der Waals surface area contributed by atoms with Crippen molar-refractivity contribution in [1.29, 1.82) is 0 Å². The number of sulfone groups is 1. The van der Waals surface area contributed by atoms with Gasteiger partial charge in [-0.3, -0.25) is 0 Å². The van der Waals surface area contributed by atoms with Gasteiger partial charge in [0, 0.05) is 18.2 Å². The summed E-state index contributed by atoms with van der Waals surface area (Å²) in [7, 11) is -1.33. The van der Waals surface area contributed by atoms with Crippen molar-refractivity contribution in [3.8, 4) is 0 Å². The van der Waals surface area contributed by atoms with Gasteiger partial charge in [0.1, 0.15) is 0 Å². The number of benzene rings is 1. The number of hydrogen-bond donors (Lipinski definition) is 1. The highest BCUT2D eigenvalue weighted by Gasteiger charge is 2.15. The predicted molar refractivity (Wildman–Crippen MR) is 81.9 cm³/mol. The highest BCUT2D eigenvalue weighted by molar-refractivity contribution is 7.91. The van der Waals surface area contributed by atoms with Crippen LogP contribution in [-0.2, 0) is 9.84 Å². The molecule has 4 nitrogen and oxygen atoms in total. The maximum atomic E-state index is 12.1. The molecule has 0 saturated heterocycles. The highest BCUT2D eigenvalue weighted by atomic mass is 35.5. The monoisotopic (exact) mass is 319 g/mol. The molecule has 0 amide bonds. The lowest BCUT2D eigenvalue weighted by Gasteiger charge is -2.16. The number of nitrogens with zero attached hydrogens (tertiary/aromatic N) is 1. The molecule has 114 valence electrons. The molecule has 0 aliphatic heterocycles. The van der Waals surface area contributed by atoms with Crippen LogP contribution in [0.3, 0.4) is 0 Å². The van der Waals surface area contributed by atoms with Crippen molar-refractivity contribution in [1.82, 2.24) is 4.90 Å². The Balaban J connectivity index is 2.41. The third-order valence-corrected chi connectivity index (χ3v) is 5.07. The van der Waals surface area contributed by atoms with Crippen LogP contribution in [0.15, 0.2) is 29.2 Å². The van der Waals surface area contributed by atoms with E-state index in [4.69, 9.17) is 16.7 Å². The maximum absolute atomic E-state index is 12.1. The molecule has 0 aliphatic carbocycles. The SMILES string of the molecule is CN(CCCCCO)CCS(=O)(=O)c1ccc(Cl)cc1. The first-order chi connectivity index (χ1) is 9.45. The third kappa shape index (κ3) is 6.22. The molecule has 20 heavy (non-hydrogen) atoms. The molecule has 1 aromatic rings. The Bertz CT molecular complexity index is 488. The van der Waals surface area contributed by atoms with Gasteiger partial charge in [-0.25, -0.2) is 8.42 Å². The van der Waals surface area contributed by atoms with E-state index in [1.54, 1.807) is 24.3 Å². The van der Waals surface area contributed by atoms with E-state index in [1.165, 1.54) is 0 Å². The van der Waals surface area contributed by atoms with E-state index in [1.807, 2.05) is 11.9 Å². The minimum absolute atomic E-state index is 0.102. The molecule has 0 saturated carbocycles. The number of hydrogen-bond acceptors (Lipinski definition) is 4. The second-order valence-corrected chi connectivity index (χ2v) is 7.41. The number of unbranched alkanes of at least 4 members (excludes halogenated alkanes) is 2. The summed E-state index contributed by atoms with van der Waals surface area (Å²) in [5, 5.41) is 9.22. The summed E-state index contributed by atoms with van der Waals surface area (Å²) in [4.78, 5) is 2.32. The molecule has 0 unspecified atom stereocenters. The maximum Gasteiger partial charge on any atom is 0.179 e. The van der Waals surface area contributed by atoms with Crippen LogP contribution in [0.25, 0.3) is 0 Å². The van der Waals surface area contributed by atoms with Gasteiger partial charge in [0.2, 0.25) is 0 Å². The Morgan fingerprint density at radius 2 is 1.75 bits per heavy atom. The van der Waals surface area contributed by atoms with E-state index in [9.17, 15) is 8.42 Å². The van der Waals surface area contributed by atoms with E-state index < -0.39 is 9.84 Å². The Kier molecular flexibility index (Phi) is 7.51. The molecule has 1 rings (SSSR count). The van der Waals surface area contributed by atoms with Gasteiger partial charge in [0.25, 0.3) is 0 Å². The summed E-state index contributed by atoms with van der Waals surface area (Å²) < 4.78 is 24.2. The van der Waals surface area contributed by atoms with E-state index >= 15 is 0 Å². The van der Waals surface area contributed by atoms with Gasteiger partial charge in [0.15, 0.2) is 9.84 Å². The van der Waals surface area contributed by atoms with Crippen molar-refractivity contribution in [2.24, 2.45) is 0 Å². The van der Waals surface area contributed by atoms with Gasteiger partial charge in [-0.15, -0.1) is 0 Å². The normalized spacial score (nSPS) is 12.0. The smallest absolute Gasteiger partial charge is 0.179 e. The van der Waals surface area contributed by atoms with Gasteiger partial charge < -0.3 is 10.0 Å². The minimum atomic E-state index is -3.25. The second kappa shape index (κ2) is 8.62. The van der Waals surface area contributed by atoms with Crippen molar-refractivity contribution in [3.05, 3.63) is 29.3 Å². The van der Waals surface area contributed by atoms with Crippen LogP contribution in [0.1, 0.15) is 19.3 Å². The molecular formula is C14H22ClNO3S. The fourth-order valence-corrected chi connectivity index (χ4v) is 3.28. The van der Waals surface area contributed by atoms with Crippen LogP contribution in [0.5, 0.6) is 0 Å². The average Bonchev–Trinajstić information content (AvgIpc) is 2.42. The van der Waals surface area contributed by atoms with Crippen molar-refractivity contribution < 1.29 is 13.5 Å². The molecule has 0 bridgehead atoms. The summed E-state index contributed by atoms with van der Waals surface area (Å²) in [5.74, 6) is 0.102. The molecule has 0 heterocycles. The van der Waals surface area contributed by atoms with Crippen molar-refractivity contribution in [2.45, 2.75) is 24.2 Å². The number of aliphatic hydroxyl groups excluding tert-OH is 1. The van der Waals surface area contributed by atoms with E-state index in [0.29, 0.717) is 16.5 Å². The Morgan fingerprint density at radius 3 is 2.35 bits per heavy atom. The van der Waals surface area contributed by atoms with Gasteiger partial charge in [-0.2, -0.15) is 0 Å². The zero-order valence-corrected chi connectivity index (χ0v) is 13.3. The summed E-state index contributed by atoms with van der Waals surface area (Å²) in [6.07, 6.45) is 2.74. The molecule has 0 radical (unpaired) electrons. The van der Waals surface area contributed by atoms with Gasteiger partial charge in [-0.05, 0) is 57.1 Å². The Labute approximate surface area is 126 Å². The number of aliphatic hydroxyl groups is 1. The van der Waals surface area contributed by atoms with Crippen LogP contribution < -0.4 is 0 Å². The average molecular weight is 320 g/mol. The fourth-order valence-electron chi connectivity index (χ4n) is 1.82. The van der Waals surface area contributed by atoms with Gasteiger partial charge in [0.05, 0.1) is 10.6 Å². The molecule has 0 atom stereocenters. The summed E-state index contributed by atoms with van der Waals surface area (Å²) in [5.41, 5.74) is 0. The van der Waals surface area contributed by atoms with Crippen molar-refractivity contribution in [3.63, 3.8) is 0 Å². The first-order valence-corrected chi connectivity index (χ1v) is 8.76. The second-order valence-electron chi connectivity index (χ2n) is 4.86. The quantitative estimate of drug-likeness (QED) is 0.709. The zero-order valence-electron chi connectivity index (χ0n) is 11.8. The number of halogens is 1. The van der Waals surface area contributed by atoms with Gasteiger partial charge >= 0.3 is 0 Å². The van der Waals surface area contributed by atoms with Crippen LogP contribution >= 0.6 is 11.6 Å². The predicted octanol–water partition coefficient (Wildman–Crippen LogP) is 2.21. The molecule has 6 heteroatoms. The van der Waals surface area contributed by atoms with E-state index in [2.05, 4.69) is 0 Å². The lowest BCUT2D eigenvalue weighted by Crippen LogP contribution is -2.26. The minimum Gasteiger partial charge on any atom is -0.396 e. The third-order valence-electron chi connectivity index (χ3n) is 3.11. The Hall–Kier alpha value is -0.620. The molecule has 1 N–H and O–H groups in total. The molecular weight excluding hydrogens is 298 g/mol. The molecule has 0 aromatic heterocycles. The van der Waals surface area contributed by atoms with Crippen LogP contribution in [-0.4, -0.2) is 50.9 Å². The summed E-state index contributed by atoms with van der Waals surface area (Å²) in [6.45, 7) is 1.56. The van der Waals surface area contributed by atoms with Crippen LogP contribution in [0, 0.1) is 0 Å². The zero-order chi connectivity index (χ0) is 15.0.